The molecule has 104 valence electrons. The van der Waals surface area contributed by atoms with E-state index < -0.39 is 0 Å². The lowest BCUT2D eigenvalue weighted by Gasteiger charge is -2.11. The molecule has 0 unspecified atom stereocenters. The van der Waals surface area contributed by atoms with Gasteiger partial charge >= 0.3 is 0 Å². The Hall–Kier alpha value is -0.770. The van der Waals surface area contributed by atoms with E-state index in [0.29, 0.717) is 0 Å². The van der Waals surface area contributed by atoms with Crippen molar-refractivity contribution in [3.05, 3.63) is 64.1 Å². The van der Waals surface area contributed by atoms with Gasteiger partial charge in [0.1, 0.15) is 0 Å². The number of hydrogen-bond donors (Lipinski definition) is 1. The summed E-state index contributed by atoms with van der Waals surface area (Å²) >= 11 is 5.50. The maximum Gasteiger partial charge on any atom is 0.0232 e. The van der Waals surface area contributed by atoms with Gasteiger partial charge in [0.05, 0.1) is 0 Å². The Bertz CT molecular complexity index is 566. The molecule has 2 aromatic carbocycles. The van der Waals surface area contributed by atoms with Gasteiger partial charge in [-0.1, -0.05) is 52.3 Å². The van der Waals surface area contributed by atoms with Crippen LogP contribution in [0.2, 0.25) is 0 Å². The van der Waals surface area contributed by atoms with Crippen molar-refractivity contribution in [3.63, 3.8) is 0 Å². The second kappa shape index (κ2) is 6.79. The van der Waals surface area contributed by atoms with E-state index >= 15 is 0 Å². The van der Waals surface area contributed by atoms with Crippen LogP contribution in [-0.4, -0.2) is 6.04 Å². The van der Waals surface area contributed by atoms with Gasteiger partial charge in [-0.3, -0.25) is 0 Å². The number of halogens is 1. The molecule has 2 aromatic rings. The largest absolute Gasteiger partial charge is 0.310 e. The van der Waals surface area contributed by atoms with Crippen LogP contribution in [0.5, 0.6) is 0 Å². The zero-order chi connectivity index (χ0) is 13.8. The van der Waals surface area contributed by atoms with Crippen LogP contribution in [0.1, 0.15) is 24.0 Å². The van der Waals surface area contributed by atoms with Gasteiger partial charge in [0.2, 0.25) is 0 Å². The topological polar surface area (TPSA) is 12.0 Å². The molecule has 0 saturated heterocycles. The number of benzene rings is 2. The predicted molar refractivity (Wildman–Crippen MR) is 90.0 cm³/mol. The van der Waals surface area contributed by atoms with Crippen LogP contribution < -0.4 is 5.32 Å². The van der Waals surface area contributed by atoms with Crippen molar-refractivity contribution in [2.75, 3.05) is 0 Å². The predicted octanol–water partition coefficient (Wildman–Crippen LogP) is 4.99. The van der Waals surface area contributed by atoms with Crippen molar-refractivity contribution >= 4 is 27.7 Å². The standard InChI is InChI=1S/C17H18BrNS/c18-15-7-6-14(11-19-16-8-9-16)17(10-15)20-12-13-4-2-1-3-5-13/h1-7,10,16,19H,8-9,11-12H2. The Labute approximate surface area is 133 Å². The molecule has 20 heavy (non-hydrogen) atoms. The Morgan fingerprint density at radius 1 is 1.10 bits per heavy atom. The molecule has 0 bridgehead atoms. The smallest absolute Gasteiger partial charge is 0.0232 e. The Morgan fingerprint density at radius 3 is 2.65 bits per heavy atom. The summed E-state index contributed by atoms with van der Waals surface area (Å²) in [7, 11) is 0. The van der Waals surface area contributed by atoms with E-state index in [-0.39, 0.29) is 0 Å². The summed E-state index contributed by atoms with van der Waals surface area (Å²) in [5.74, 6) is 1.02. The second-order valence-electron chi connectivity index (χ2n) is 5.18. The van der Waals surface area contributed by atoms with Gasteiger partial charge in [-0.25, -0.2) is 0 Å². The third kappa shape index (κ3) is 4.11. The molecule has 0 radical (unpaired) electrons. The summed E-state index contributed by atoms with van der Waals surface area (Å²) in [6.45, 7) is 0.981. The highest BCUT2D eigenvalue weighted by Crippen LogP contribution is 2.30. The number of rotatable bonds is 6. The number of nitrogens with one attached hydrogen (secondary N) is 1. The maximum atomic E-state index is 3.60. The summed E-state index contributed by atoms with van der Waals surface area (Å²) in [5, 5.41) is 3.60. The highest BCUT2D eigenvalue weighted by atomic mass is 79.9. The average Bonchev–Trinajstić information content (AvgIpc) is 3.29. The molecule has 0 amide bonds. The van der Waals surface area contributed by atoms with Gasteiger partial charge in [0.25, 0.3) is 0 Å². The zero-order valence-electron chi connectivity index (χ0n) is 11.3. The van der Waals surface area contributed by atoms with E-state index in [9.17, 15) is 0 Å². The monoisotopic (exact) mass is 347 g/mol. The lowest BCUT2D eigenvalue weighted by Crippen LogP contribution is -2.15. The molecule has 0 spiro atoms. The minimum absolute atomic E-state index is 0.755. The molecule has 3 heteroatoms. The summed E-state index contributed by atoms with van der Waals surface area (Å²) in [6, 6.07) is 18.0. The van der Waals surface area contributed by atoms with Crippen molar-refractivity contribution in [2.24, 2.45) is 0 Å². The van der Waals surface area contributed by atoms with E-state index in [2.05, 4.69) is 69.8 Å². The van der Waals surface area contributed by atoms with Crippen LogP contribution in [-0.2, 0) is 12.3 Å². The first-order chi connectivity index (χ1) is 9.81. The summed E-state index contributed by atoms with van der Waals surface area (Å²) in [4.78, 5) is 1.37. The Morgan fingerprint density at radius 2 is 1.90 bits per heavy atom. The average molecular weight is 348 g/mol. The molecule has 0 atom stereocenters. The lowest BCUT2D eigenvalue weighted by atomic mass is 10.2. The third-order valence-corrected chi connectivity index (χ3v) is 5.09. The number of thioether (sulfide) groups is 1. The van der Waals surface area contributed by atoms with Gasteiger partial charge in [-0.05, 0) is 36.1 Å². The van der Waals surface area contributed by atoms with E-state index in [0.717, 1.165) is 22.8 Å². The molecule has 0 heterocycles. The summed E-state index contributed by atoms with van der Waals surface area (Å²) in [6.07, 6.45) is 2.67. The van der Waals surface area contributed by atoms with Crippen LogP contribution in [0.25, 0.3) is 0 Å². The van der Waals surface area contributed by atoms with Crippen LogP contribution in [0.15, 0.2) is 57.9 Å². The fourth-order valence-electron chi connectivity index (χ4n) is 2.09. The minimum atomic E-state index is 0.755. The van der Waals surface area contributed by atoms with Crippen molar-refractivity contribution in [2.45, 2.75) is 36.1 Å². The van der Waals surface area contributed by atoms with Gasteiger partial charge in [0.15, 0.2) is 0 Å². The van der Waals surface area contributed by atoms with E-state index in [1.165, 1.54) is 28.9 Å². The zero-order valence-corrected chi connectivity index (χ0v) is 13.7. The molecule has 0 aromatic heterocycles. The first-order valence-corrected chi connectivity index (χ1v) is 8.77. The van der Waals surface area contributed by atoms with E-state index in [1.54, 1.807) is 0 Å². The van der Waals surface area contributed by atoms with Gasteiger partial charge < -0.3 is 5.32 Å². The van der Waals surface area contributed by atoms with Crippen LogP contribution >= 0.6 is 27.7 Å². The molecular formula is C17H18BrNS. The molecule has 1 N–H and O–H groups in total. The Kier molecular flexibility index (Phi) is 4.81. The molecule has 1 aliphatic carbocycles. The Balaban J connectivity index is 1.67. The molecule has 1 nitrogen and oxygen atoms in total. The molecule has 0 aliphatic heterocycles. The van der Waals surface area contributed by atoms with Gasteiger partial charge in [-0.2, -0.15) is 0 Å². The quantitative estimate of drug-likeness (QED) is 0.738. The molecule has 1 saturated carbocycles. The fourth-order valence-corrected chi connectivity index (χ4v) is 3.65. The normalized spacial score (nSPS) is 14.4. The second-order valence-corrected chi connectivity index (χ2v) is 7.11. The van der Waals surface area contributed by atoms with Gasteiger partial charge in [0, 0.05) is 27.7 Å². The van der Waals surface area contributed by atoms with E-state index in [1.807, 2.05) is 11.8 Å². The molecule has 1 aliphatic rings. The third-order valence-electron chi connectivity index (χ3n) is 3.42. The maximum absolute atomic E-state index is 3.60. The fraction of sp³-hybridized carbons (Fsp3) is 0.294. The van der Waals surface area contributed by atoms with Crippen LogP contribution in [0, 0.1) is 0 Å². The number of hydrogen-bond acceptors (Lipinski definition) is 2. The van der Waals surface area contributed by atoms with Crippen molar-refractivity contribution < 1.29 is 0 Å². The minimum Gasteiger partial charge on any atom is -0.310 e. The SMILES string of the molecule is Brc1ccc(CNC2CC2)c(SCc2ccccc2)c1. The van der Waals surface area contributed by atoms with Crippen LogP contribution in [0.4, 0.5) is 0 Å². The highest BCUT2D eigenvalue weighted by molar-refractivity contribution is 9.10. The molecular weight excluding hydrogens is 330 g/mol. The van der Waals surface area contributed by atoms with Crippen molar-refractivity contribution in [1.82, 2.24) is 5.32 Å². The summed E-state index contributed by atoms with van der Waals surface area (Å²) < 4.78 is 1.16. The first-order valence-electron chi connectivity index (χ1n) is 7.00. The van der Waals surface area contributed by atoms with Crippen LogP contribution in [0.3, 0.4) is 0 Å². The van der Waals surface area contributed by atoms with E-state index in [4.69, 9.17) is 0 Å². The summed E-state index contributed by atoms with van der Waals surface area (Å²) in [5.41, 5.74) is 2.78. The molecule has 3 rings (SSSR count). The van der Waals surface area contributed by atoms with Crippen molar-refractivity contribution in [3.8, 4) is 0 Å². The van der Waals surface area contributed by atoms with Gasteiger partial charge in [-0.15, -0.1) is 11.8 Å². The first kappa shape index (κ1) is 14.2. The van der Waals surface area contributed by atoms with Crippen molar-refractivity contribution in [1.29, 1.82) is 0 Å². The highest BCUT2D eigenvalue weighted by Gasteiger charge is 2.20. The lowest BCUT2D eigenvalue weighted by molar-refractivity contribution is 0.680. The molecule has 1 fully saturated rings.